The Morgan fingerprint density at radius 3 is 1.86 bits per heavy atom. The van der Waals surface area contributed by atoms with Crippen LogP contribution in [0.15, 0.2) is 60.7 Å². The molecular formula is C24H33NO2P2. The van der Waals surface area contributed by atoms with Crippen LogP contribution >= 0.6 is 17.2 Å². The van der Waals surface area contributed by atoms with Crippen molar-refractivity contribution in [1.82, 2.24) is 4.90 Å². The van der Waals surface area contributed by atoms with E-state index in [1.807, 2.05) is 25.7 Å². The summed E-state index contributed by atoms with van der Waals surface area (Å²) in [6.07, 6.45) is 0.780. The molecule has 0 radical (unpaired) electrons. The molecule has 1 heterocycles. The van der Waals surface area contributed by atoms with E-state index in [4.69, 9.17) is 4.74 Å². The minimum Gasteiger partial charge on any atom is -0.444 e. The molecule has 3 unspecified atom stereocenters. The van der Waals surface area contributed by atoms with Gasteiger partial charge < -0.3 is 9.64 Å². The Kier molecular flexibility index (Phi) is 6.71. The van der Waals surface area contributed by atoms with Crippen LogP contribution in [0.3, 0.4) is 0 Å². The lowest BCUT2D eigenvalue weighted by Gasteiger charge is -2.35. The third-order valence-electron chi connectivity index (χ3n) is 5.20. The Morgan fingerprint density at radius 2 is 1.45 bits per heavy atom. The molecule has 0 bridgehead atoms. The van der Waals surface area contributed by atoms with E-state index < -0.39 is 13.5 Å². The lowest BCUT2D eigenvalue weighted by molar-refractivity contribution is 0.0204. The highest BCUT2D eigenvalue weighted by molar-refractivity contribution is 7.73. The number of likely N-dealkylation sites (tertiary alicyclic amines) is 1. The summed E-state index contributed by atoms with van der Waals surface area (Å²) in [4.78, 5) is 15.0. The Hall–Kier alpha value is -1.43. The van der Waals surface area contributed by atoms with Crippen LogP contribution in [0.5, 0.6) is 0 Å². The number of amides is 1. The first-order valence-electron chi connectivity index (χ1n) is 10.2. The molecule has 0 saturated carbocycles. The number of nitrogens with zero attached hydrogens (tertiary/aromatic N) is 1. The first kappa shape index (κ1) is 22.3. The minimum atomic E-state index is -0.569. The molecule has 1 saturated heterocycles. The zero-order chi connectivity index (χ0) is 21.2. The first-order valence-corrected chi connectivity index (χ1v) is 12.2. The molecule has 3 atom stereocenters. The second-order valence-corrected chi connectivity index (χ2v) is 13.4. The van der Waals surface area contributed by atoms with Crippen LogP contribution in [-0.2, 0) is 4.74 Å². The van der Waals surface area contributed by atoms with Gasteiger partial charge in [0.25, 0.3) is 0 Å². The topological polar surface area (TPSA) is 29.5 Å². The van der Waals surface area contributed by atoms with E-state index in [-0.39, 0.29) is 17.3 Å². The van der Waals surface area contributed by atoms with Crippen molar-refractivity contribution >= 4 is 33.9 Å². The molecule has 3 nitrogen and oxygen atoms in total. The van der Waals surface area contributed by atoms with Crippen LogP contribution in [-0.4, -0.2) is 40.0 Å². The molecule has 1 aliphatic heterocycles. The average molecular weight is 429 g/mol. The van der Waals surface area contributed by atoms with E-state index >= 15 is 0 Å². The molecule has 1 amide bonds. The maximum atomic E-state index is 13.1. The normalized spacial score (nSPS) is 20.2. The van der Waals surface area contributed by atoms with Crippen molar-refractivity contribution in [2.45, 2.75) is 63.5 Å². The van der Waals surface area contributed by atoms with Gasteiger partial charge in [0, 0.05) is 18.2 Å². The summed E-state index contributed by atoms with van der Waals surface area (Å²) in [5.74, 6) is 0. The minimum absolute atomic E-state index is 0.0833. The van der Waals surface area contributed by atoms with Gasteiger partial charge in [-0.15, -0.1) is 9.24 Å². The van der Waals surface area contributed by atoms with Crippen molar-refractivity contribution in [2.24, 2.45) is 0 Å². The number of benzene rings is 2. The number of rotatable bonds is 4. The molecule has 0 aromatic heterocycles. The van der Waals surface area contributed by atoms with Gasteiger partial charge >= 0.3 is 6.09 Å². The predicted octanol–water partition coefficient (Wildman–Crippen LogP) is 5.15. The maximum Gasteiger partial charge on any atom is 0.410 e. The van der Waals surface area contributed by atoms with Gasteiger partial charge in [-0.05, 0) is 50.9 Å². The molecule has 2 aromatic carbocycles. The molecule has 0 N–H and O–H groups in total. The van der Waals surface area contributed by atoms with Crippen LogP contribution in [0, 0.1) is 0 Å². The molecule has 156 valence electrons. The van der Waals surface area contributed by atoms with Crippen molar-refractivity contribution in [3.8, 4) is 0 Å². The third-order valence-corrected chi connectivity index (χ3v) is 8.40. The second-order valence-electron chi connectivity index (χ2n) is 9.40. The summed E-state index contributed by atoms with van der Waals surface area (Å²) >= 11 is 0. The Labute approximate surface area is 179 Å². The quantitative estimate of drug-likeness (QED) is 0.629. The highest BCUT2D eigenvalue weighted by Crippen LogP contribution is 2.48. The first-order chi connectivity index (χ1) is 13.6. The molecule has 1 fully saturated rings. The second kappa shape index (κ2) is 8.75. The van der Waals surface area contributed by atoms with Gasteiger partial charge in [0.1, 0.15) is 5.60 Å². The van der Waals surface area contributed by atoms with E-state index in [9.17, 15) is 4.79 Å². The Morgan fingerprint density at radius 1 is 0.966 bits per heavy atom. The fourth-order valence-electron chi connectivity index (χ4n) is 3.98. The van der Waals surface area contributed by atoms with Gasteiger partial charge in [-0.2, -0.15) is 0 Å². The predicted molar refractivity (Wildman–Crippen MR) is 128 cm³/mol. The summed E-state index contributed by atoms with van der Waals surface area (Å²) in [6, 6.07) is 21.7. The summed E-state index contributed by atoms with van der Waals surface area (Å²) in [6.45, 7) is 10.9. The van der Waals surface area contributed by atoms with Crippen molar-refractivity contribution < 1.29 is 9.53 Å². The Balaban J connectivity index is 1.96. The summed E-state index contributed by atoms with van der Waals surface area (Å²) in [7, 11) is 2.38. The van der Waals surface area contributed by atoms with E-state index in [1.54, 1.807) is 0 Å². The van der Waals surface area contributed by atoms with Crippen LogP contribution in [0.2, 0.25) is 0 Å². The average Bonchev–Trinajstić information content (AvgIpc) is 3.08. The van der Waals surface area contributed by atoms with Crippen molar-refractivity contribution in [3.63, 3.8) is 0 Å². The van der Waals surface area contributed by atoms with Crippen molar-refractivity contribution in [1.29, 1.82) is 0 Å². The standard InChI is InChI=1S/C24H33NO2P2/c1-23(2,3)27-22(26)25-17-20(16-21(25)24(4,5)28)29(18-12-8-6-9-13-18)19-14-10-7-11-15-19/h6-15,20-21H,16-17,28H2,1-5H3. The highest BCUT2D eigenvalue weighted by Gasteiger charge is 2.46. The summed E-state index contributed by atoms with van der Waals surface area (Å²) in [5.41, 5.74) is -0.0962. The van der Waals surface area contributed by atoms with Crippen LogP contribution in [0.25, 0.3) is 0 Å². The molecule has 5 heteroatoms. The van der Waals surface area contributed by atoms with E-state index in [0.29, 0.717) is 5.66 Å². The van der Waals surface area contributed by atoms with Gasteiger partial charge in [-0.25, -0.2) is 4.79 Å². The van der Waals surface area contributed by atoms with E-state index in [2.05, 4.69) is 83.8 Å². The maximum absolute atomic E-state index is 13.1. The lowest BCUT2D eigenvalue weighted by Crippen LogP contribution is -2.47. The van der Waals surface area contributed by atoms with Gasteiger partial charge in [0.15, 0.2) is 0 Å². The SMILES string of the molecule is CC(C)(C)OC(=O)N1CC(P(c2ccccc2)c2ccccc2)CC1C(C)(C)P. The summed E-state index contributed by atoms with van der Waals surface area (Å²) < 4.78 is 5.77. The van der Waals surface area contributed by atoms with Crippen LogP contribution in [0.1, 0.15) is 41.0 Å². The third kappa shape index (κ3) is 5.59. The van der Waals surface area contributed by atoms with E-state index in [0.717, 1.165) is 13.0 Å². The van der Waals surface area contributed by atoms with E-state index in [1.165, 1.54) is 10.6 Å². The molecule has 29 heavy (non-hydrogen) atoms. The van der Waals surface area contributed by atoms with Gasteiger partial charge in [-0.1, -0.05) is 74.5 Å². The molecule has 1 aliphatic rings. The summed E-state index contributed by atoms with van der Waals surface area (Å²) in [5, 5.41) is 2.65. The Bertz CT molecular complexity index is 773. The molecular weight excluding hydrogens is 396 g/mol. The van der Waals surface area contributed by atoms with Crippen molar-refractivity contribution in [3.05, 3.63) is 60.7 Å². The zero-order valence-corrected chi connectivity index (χ0v) is 20.2. The smallest absolute Gasteiger partial charge is 0.410 e. The highest BCUT2D eigenvalue weighted by atomic mass is 31.1. The van der Waals surface area contributed by atoms with Gasteiger partial charge in [0.05, 0.1) is 0 Å². The number of carbonyl (C=O) groups is 1. The molecule has 2 aromatic rings. The van der Waals surface area contributed by atoms with Crippen LogP contribution < -0.4 is 10.6 Å². The molecule has 0 spiro atoms. The zero-order valence-electron chi connectivity index (χ0n) is 18.1. The number of hydrogen-bond acceptors (Lipinski definition) is 2. The molecule has 3 rings (SSSR count). The van der Waals surface area contributed by atoms with Crippen molar-refractivity contribution in [2.75, 3.05) is 6.54 Å². The molecule has 0 aliphatic carbocycles. The number of carbonyl (C=O) groups excluding carboxylic acids is 1. The monoisotopic (exact) mass is 429 g/mol. The number of hydrogen-bond donors (Lipinski definition) is 0. The fraction of sp³-hybridized carbons (Fsp3) is 0.458. The van der Waals surface area contributed by atoms with Crippen LogP contribution in [0.4, 0.5) is 4.79 Å². The largest absolute Gasteiger partial charge is 0.444 e. The number of ether oxygens (including phenoxy) is 1. The van der Waals surface area contributed by atoms with Gasteiger partial charge in [-0.3, -0.25) is 0 Å². The lowest BCUT2D eigenvalue weighted by atomic mass is 10.0. The van der Waals surface area contributed by atoms with Gasteiger partial charge in [0.2, 0.25) is 0 Å². The fourth-order valence-corrected chi connectivity index (χ4v) is 7.17.